The van der Waals surface area contributed by atoms with Gasteiger partial charge in [-0.15, -0.1) is 0 Å². The first-order valence-corrected chi connectivity index (χ1v) is 4.72. The molecule has 0 fully saturated rings. The summed E-state index contributed by atoms with van der Waals surface area (Å²) < 4.78 is 9.92. The van der Waals surface area contributed by atoms with Crippen molar-refractivity contribution in [3.63, 3.8) is 0 Å². The molecular formula is C11H10O4. The molecule has 0 N–H and O–H groups in total. The second kappa shape index (κ2) is 4.13. The van der Waals surface area contributed by atoms with Gasteiger partial charge in [-0.3, -0.25) is 0 Å². The first-order chi connectivity index (χ1) is 7.27. The van der Waals surface area contributed by atoms with Crippen LogP contribution < -0.4 is 0 Å². The van der Waals surface area contributed by atoms with E-state index in [4.69, 9.17) is 9.47 Å². The van der Waals surface area contributed by atoms with Gasteiger partial charge in [-0.25, -0.2) is 9.59 Å². The number of rotatable bonds is 0. The summed E-state index contributed by atoms with van der Waals surface area (Å²) in [6, 6.07) is 6.24. The van der Waals surface area contributed by atoms with Gasteiger partial charge < -0.3 is 9.47 Å². The van der Waals surface area contributed by atoms with Gasteiger partial charge in [0.2, 0.25) is 0 Å². The van der Waals surface area contributed by atoms with Crippen molar-refractivity contribution in [1.82, 2.24) is 0 Å². The standard InChI is InChI=1S/C11H10O4/c12-10-8-2-3-9(5-4-8)11(13)15-7-1-6-14-10/h2-5H,1,6-7H2. The maximum Gasteiger partial charge on any atom is 0.338 e. The Bertz CT molecular complexity index is 343. The van der Waals surface area contributed by atoms with Crippen LogP contribution in [0.4, 0.5) is 0 Å². The van der Waals surface area contributed by atoms with Crippen LogP contribution in [0.1, 0.15) is 27.1 Å². The molecule has 4 heteroatoms. The largest absolute Gasteiger partial charge is 0.462 e. The molecular weight excluding hydrogens is 196 g/mol. The SMILES string of the molecule is O=C1OCCCOC(=O)c2ccc1cc2. The lowest BCUT2D eigenvalue weighted by Gasteiger charge is -2.02. The first kappa shape index (κ1) is 9.71. The summed E-state index contributed by atoms with van der Waals surface area (Å²) in [5.74, 6) is -0.730. The fraction of sp³-hybridized carbons (Fsp3) is 0.273. The highest BCUT2D eigenvalue weighted by molar-refractivity contribution is 5.93. The lowest BCUT2D eigenvalue weighted by Crippen LogP contribution is -2.08. The lowest BCUT2D eigenvalue weighted by molar-refractivity contribution is 0.0401. The Morgan fingerprint density at radius 3 is 1.60 bits per heavy atom. The van der Waals surface area contributed by atoms with Gasteiger partial charge in [-0.2, -0.15) is 0 Å². The predicted octanol–water partition coefficient (Wildman–Crippen LogP) is 1.40. The molecule has 0 aromatic heterocycles. The minimum absolute atomic E-state index is 0.270. The first-order valence-electron chi connectivity index (χ1n) is 4.72. The van der Waals surface area contributed by atoms with Crippen LogP contribution in [-0.4, -0.2) is 25.2 Å². The van der Waals surface area contributed by atoms with E-state index in [1.807, 2.05) is 0 Å². The number of benzene rings is 1. The number of fused-ring (bicyclic) bond motifs is 8. The Morgan fingerprint density at radius 2 is 1.20 bits per heavy atom. The van der Waals surface area contributed by atoms with E-state index in [1.165, 1.54) is 0 Å². The molecule has 0 amide bonds. The fourth-order valence-electron chi connectivity index (χ4n) is 1.30. The van der Waals surface area contributed by atoms with Gasteiger partial charge in [0, 0.05) is 6.42 Å². The van der Waals surface area contributed by atoms with E-state index in [1.54, 1.807) is 24.3 Å². The van der Waals surface area contributed by atoms with Crippen LogP contribution in [0.15, 0.2) is 24.3 Å². The molecule has 2 heterocycles. The molecule has 0 saturated heterocycles. The van der Waals surface area contributed by atoms with Crippen molar-refractivity contribution >= 4 is 11.9 Å². The average molecular weight is 206 g/mol. The Balaban J connectivity index is 2.31. The minimum atomic E-state index is -0.365. The number of carbonyl (C=O) groups is 2. The van der Waals surface area contributed by atoms with E-state index in [9.17, 15) is 9.59 Å². The molecule has 0 atom stereocenters. The zero-order valence-corrected chi connectivity index (χ0v) is 8.06. The summed E-state index contributed by atoms with van der Waals surface area (Å²) in [5.41, 5.74) is 0.905. The highest BCUT2D eigenvalue weighted by Gasteiger charge is 2.12. The smallest absolute Gasteiger partial charge is 0.338 e. The van der Waals surface area contributed by atoms with Gasteiger partial charge in [0.05, 0.1) is 24.3 Å². The van der Waals surface area contributed by atoms with Crippen molar-refractivity contribution in [1.29, 1.82) is 0 Å². The molecule has 4 nitrogen and oxygen atoms in total. The summed E-state index contributed by atoms with van der Waals surface area (Å²) in [5, 5.41) is 0. The Labute approximate surface area is 86.8 Å². The number of esters is 2. The van der Waals surface area contributed by atoms with Crippen molar-refractivity contribution in [3.8, 4) is 0 Å². The molecule has 0 spiro atoms. The number of ether oxygens (including phenoxy) is 2. The summed E-state index contributed by atoms with van der Waals surface area (Å²) in [6.07, 6.45) is 0.526. The zero-order chi connectivity index (χ0) is 10.7. The van der Waals surface area contributed by atoms with E-state index >= 15 is 0 Å². The Morgan fingerprint density at radius 1 is 0.800 bits per heavy atom. The monoisotopic (exact) mass is 206 g/mol. The normalized spacial score (nSPS) is 16.5. The molecule has 2 bridgehead atoms. The second-order valence-corrected chi connectivity index (χ2v) is 3.20. The molecule has 3 rings (SSSR count). The van der Waals surface area contributed by atoms with Crippen LogP contribution in [0, 0.1) is 0 Å². The third-order valence-corrected chi connectivity index (χ3v) is 2.11. The Kier molecular flexibility index (Phi) is 2.67. The topological polar surface area (TPSA) is 52.6 Å². The van der Waals surface area contributed by atoms with Crippen molar-refractivity contribution in [2.24, 2.45) is 0 Å². The van der Waals surface area contributed by atoms with Gasteiger partial charge in [-0.05, 0) is 24.3 Å². The average Bonchev–Trinajstić information content (AvgIpc) is 2.31. The molecule has 2 aliphatic rings. The summed E-state index contributed by atoms with van der Waals surface area (Å²) in [4.78, 5) is 22.8. The Hall–Kier alpha value is -1.84. The number of hydrogen-bond acceptors (Lipinski definition) is 4. The maximum atomic E-state index is 11.4. The molecule has 0 radical (unpaired) electrons. The summed E-state index contributed by atoms with van der Waals surface area (Å²) >= 11 is 0. The van der Waals surface area contributed by atoms with Gasteiger partial charge in [0.1, 0.15) is 0 Å². The number of hydrogen-bond donors (Lipinski definition) is 0. The third-order valence-electron chi connectivity index (χ3n) is 2.11. The van der Waals surface area contributed by atoms with Gasteiger partial charge >= 0.3 is 11.9 Å². The van der Waals surface area contributed by atoms with Crippen LogP contribution in [0.25, 0.3) is 0 Å². The van der Waals surface area contributed by atoms with E-state index in [2.05, 4.69) is 0 Å². The minimum Gasteiger partial charge on any atom is -0.462 e. The molecule has 2 aliphatic heterocycles. The van der Waals surface area contributed by atoms with Crippen LogP contribution in [0.5, 0.6) is 0 Å². The summed E-state index contributed by atoms with van der Waals surface area (Å²) in [7, 11) is 0. The van der Waals surface area contributed by atoms with E-state index in [0.29, 0.717) is 17.5 Å². The molecule has 78 valence electrons. The zero-order valence-electron chi connectivity index (χ0n) is 8.06. The van der Waals surface area contributed by atoms with Gasteiger partial charge in [0.15, 0.2) is 0 Å². The third kappa shape index (κ3) is 2.15. The van der Waals surface area contributed by atoms with Crippen molar-refractivity contribution < 1.29 is 19.1 Å². The molecule has 1 aromatic rings. The molecule has 1 aromatic carbocycles. The van der Waals surface area contributed by atoms with Crippen molar-refractivity contribution in [3.05, 3.63) is 35.4 Å². The lowest BCUT2D eigenvalue weighted by atomic mass is 10.1. The van der Waals surface area contributed by atoms with Crippen LogP contribution in [0.3, 0.4) is 0 Å². The fourth-order valence-corrected chi connectivity index (χ4v) is 1.30. The van der Waals surface area contributed by atoms with E-state index in [-0.39, 0.29) is 25.2 Å². The summed E-state index contributed by atoms with van der Waals surface area (Å²) in [6.45, 7) is 0.541. The van der Waals surface area contributed by atoms with Gasteiger partial charge in [0.25, 0.3) is 0 Å². The van der Waals surface area contributed by atoms with Crippen molar-refractivity contribution in [2.45, 2.75) is 6.42 Å². The second-order valence-electron chi connectivity index (χ2n) is 3.20. The predicted molar refractivity (Wildman–Crippen MR) is 51.6 cm³/mol. The maximum absolute atomic E-state index is 11.4. The molecule has 15 heavy (non-hydrogen) atoms. The quantitative estimate of drug-likeness (QED) is 0.602. The van der Waals surface area contributed by atoms with Crippen LogP contribution >= 0.6 is 0 Å². The molecule has 0 saturated carbocycles. The number of carbonyl (C=O) groups excluding carboxylic acids is 2. The molecule has 0 aliphatic carbocycles. The van der Waals surface area contributed by atoms with E-state index in [0.717, 1.165) is 0 Å². The van der Waals surface area contributed by atoms with Crippen molar-refractivity contribution in [2.75, 3.05) is 13.2 Å². The van der Waals surface area contributed by atoms with Gasteiger partial charge in [-0.1, -0.05) is 0 Å². The van der Waals surface area contributed by atoms with Crippen LogP contribution in [-0.2, 0) is 9.47 Å². The highest BCUT2D eigenvalue weighted by atomic mass is 16.5. The van der Waals surface area contributed by atoms with E-state index < -0.39 is 0 Å². The van der Waals surface area contributed by atoms with Crippen LogP contribution in [0.2, 0.25) is 0 Å². The highest BCUT2D eigenvalue weighted by Crippen LogP contribution is 2.09. The molecule has 0 unspecified atom stereocenters.